The van der Waals surface area contributed by atoms with Crippen molar-refractivity contribution in [2.24, 2.45) is 0 Å². The molecule has 0 saturated heterocycles. The number of allylic oxidation sites excluding steroid dienone is 2. The zero-order valence-corrected chi connectivity index (χ0v) is 8.42. The van der Waals surface area contributed by atoms with Crippen LogP contribution in [0.3, 0.4) is 0 Å². The zero-order chi connectivity index (χ0) is 3.54. The van der Waals surface area contributed by atoms with Crippen molar-refractivity contribution in [3.05, 3.63) is 12.2 Å². The maximum atomic E-state index is 3.10. The van der Waals surface area contributed by atoms with Crippen molar-refractivity contribution in [2.75, 3.05) is 0 Å². The first-order valence-corrected chi connectivity index (χ1v) is 2.05. The maximum Gasteiger partial charge on any atom is 3.00 e. The molecule has 8 heavy (non-hydrogen) atoms. The summed E-state index contributed by atoms with van der Waals surface area (Å²) in [6.45, 7) is 0. The SMILES string of the molecule is [C-]1=CCCC1.[Cl-].[Cl-].[Zr+3]. The van der Waals surface area contributed by atoms with E-state index in [0.717, 1.165) is 0 Å². The van der Waals surface area contributed by atoms with Gasteiger partial charge in [0.1, 0.15) is 0 Å². The molecule has 0 heterocycles. The second-order valence-electron chi connectivity index (χ2n) is 1.30. The fourth-order valence-corrected chi connectivity index (χ4v) is 0.510. The predicted molar refractivity (Wildman–Crippen MR) is 21.7 cm³/mol. The Bertz CT molecular complexity index is 48.4. The third-order valence-electron chi connectivity index (χ3n) is 0.814. The molecule has 0 spiro atoms. The molecule has 3 heteroatoms. The van der Waals surface area contributed by atoms with Crippen LogP contribution in [0.25, 0.3) is 0 Å². The summed E-state index contributed by atoms with van der Waals surface area (Å²) in [5.41, 5.74) is 0. The summed E-state index contributed by atoms with van der Waals surface area (Å²) in [7, 11) is 0. The fraction of sp³-hybridized carbons (Fsp3) is 0.600. The molecule has 1 radical (unpaired) electrons. The van der Waals surface area contributed by atoms with E-state index < -0.39 is 0 Å². The summed E-state index contributed by atoms with van der Waals surface area (Å²) >= 11 is 0. The van der Waals surface area contributed by atoms with Crippen LogP contribution < -0.4 is 24.8 Å². The van der Waals surface area contributed by atoms with Crippen LogP contribution in [-0.2, 0) is 26.2 Å². The van der Waals surface area contributed by atoms with E-state index >= 15 is 0 Å². The van der Waals surface area contributed by atoms with Gasteiger partial charge in [0.25, 0.3) is 0 Å². The van der Waals surface area contributed by atoms with Gasteiger partial charge in [-0.1, -0.05) is 12.8 Å². The molecule has 0 unspecified atom stereocenters. The van der Waals surface area contributed by atoms with Crippen LogP contribution in [0.15, 0.2) is 6.08 Å². The third kappa shape index (κ3) is 7.20. The second kappa shape index (κ2) is 11.1. The Labute approximate surface area is 82.1 Å². The zero-order valence-electron chi connectivity index (χ0n) is 4.45. The summed E-state index contributed by atoms with van der Waals surface area (Å²) in [6, 6.07) is 0. The largest absolute Gasteiger partial charge is 3.00 e. The summed E-state index contributed by atoms with van der Waals surface area (Å²) in [5.74, 6) is 0. The van der Waals surface area contributed by atoms with Gasteiger partial charge in [-0.15, -0.1) is 0 Å². The van der Waals surface area contributed by atoms with Crippen LogP contribution in [-0.4, -0.2) is 0 Å². The molecule has 1 rings (SSSR count). The number of hydrogen-bond acceptors (Lipinski definition) is 0. The predicted octanol–water partition coefficient (Wildman–Crippen LogP) is -4.46. The van der Waals surface area contributed by atoms with Crippen molar-refractivity contribution in [1.29, 1.82) is 0 Å². The Morgan fingerprint density at radius 3 is 2.00 bits per heavy atom. The van der Waals surface area contributed by atoms with Crippen molar-refractivity contribution in [1.82, 2.24) is 0 Å². The average molecular weight is 229 g/mol. The minimum atomic E-state index is 0. The third-order valence-corrected chi connectivity index (χ3v) is 0.814. The Balaban J connectivity index is -0.0000000833. The van der Waals surface area contributed by atoms with Crippen LogP contribution >= 0.6 is 0 Å². The molecule has 0 aliphatic heterocycles. The van der Waals surface area contributed by atoms with Crippen molar-refractivity contribution < 1.29 is 51.0 Å². The van der Waals surface area contributed by atoms with Crippen LogP contribution in [0.5, 0.6) is 0 Å². The fourth-order valence-electron chi connectivity index (χ4n) is 0.510. The molecule has 0 atom stereocenters. The van der Waals surface area contributed by atoms with Gasteiger partial charge in [-0.2, -0.15) is 6.42 Å². The molecule has 0 aromatic carbocycles. The van der Waals surface area contributed by atoms with E-state index in [4.69, 9.17) is 0 Å². The Morgan fingerprint density at radius 2 is 1.88 bits per heavy atom. The molecule has 0 saturated carbocycles. The van der Waals surface area contributed by atoms with Gasteiger partial charge in [0, 0.05) is 0 Å². The van der Waals surface area contributed by atoms with Crippen molar-refractivity contribution in [2.45, 2.75) is 19.3 Å². The van der Waals surface area contributed by atoms with Gasteiger partial charge >= 0.3 is 26.2 Å². The Hall–Kier alpha value is 1.20. The molecular weight excluding hydrogens is 222 g/mol. The molecule has 0 aromatic heterocycles. The minimum Gasteiger partial charge on any atom is -1.00 e. The Kier molecular flexibility index (Phi) is 22.3. The number of rotatable bonds is 0. The summed E-state index contributed by atoms with van der Waals surface area (Å²) < 4.78 is 0. The smallest absolute Gasteiger partial charge is 1.00 e. The van der Waals surface area contributed by atoms with Gasteiger partial charge < -0.3 is 30.9 Å². The van der Waals surface area contributed by atoms with Gasteiger partial charge in [-0.3, -0.25) is 6.08 Å². The monoisotopic (exact) mass is 227 g/mol. The molecule has 0 bridgehead atoms. The molecule has 1 aliphatic rings. The first-order chi connectivity index (χ1) is 2.50. The normalized spacial score (nSPS) is 13.0. The minimum absolute atomic E-state index is 0. The number of halogens is 2. The molecule has 0 N–H and O–H groups in total. The van der Waals surface area contributed by atoms with Gasteiger partial charge in [0.05, 0.1) is 0 Å². The van der Waals surface area contributed by atoms with Crippen LogP contribution in [0, 0.1) is 6.08 Å². The van der Waals surface area contributed by atoms with Crippen molar-refractivity contribution in [3.63, 3.8) is 0 Å². The topological polar surface area (TPSA) is 0 Å². The van der Waals surface area contributed by atoms with Gasteiger partial charge in [-0.25, -0.2) is 0 Å². The van der Waals surface area contributed by atoms with E-state index in [0.29, 0.717) is 0 Å². The van der Waals surface area contributed by atoms with E-state index in [1.807, 2.05) is 0 Å². The maximum absolute atomic E-state index is 3.10. The van der Waals surface area contributed by atoms with E-state index in [1.54, 1.807) is 0 Å². The van der Waals surface area contributed by atoms with E-state index in [9.17, 15) is 0 Å². The average Bonchev–Trinajstić information content (AvgIpc) is 1.76. The molecule has 0 amide bonds. The van der Waals surface area contributed by atoms with Crippen molar-refractivity contribution >= 4 is 0 Å². The molecular formula is C5H7Cl2Zr. The van der Waals surface area contributed by atoms with Crippen LogP contribution in [0.1, 0.15) is 19.3 Å². The molecule has 1 aliphatic carbocycles. The van der Waals surface area contributed by atoms with E-state index in [2.05, 4.69) is 12.2 Å². The van der Waals surface area contributed by atoms with Crippen LogP contribution in [0.2, 0.25) is 0 Å². The molecule has 0 fully saturated rings. The first-order valence-electron chi connectivity index (χ1n) is 2.05. The van der Waals surface area contributed by atoms with E-state index in [1.165, 1.54) is 19.3 Å². The molecule has 0 nitrogen and oxygen atoms in total. The van der Waals surface area contributed by atoms with Gasteiger partial charge in [0.2, 0.25) is 0 Å². The van der Waals surface area contributed by atoms with Crippen LogP contribution in [0.4, 0.5) is 0 Å². The first kappa shape index (κ1) is 16.1. The van der Waals surface area contributed by atoms with E-state index in [-0.39, 0.29) is 51.0 Å². The summed E-state index contributed by atoms with van der Waals surface area (Å²) in [6.07, 6.45) is 9.00. The van der Waals surface area contributed by atoms with Gasteiger partial charge in [0.15, 0.2) is 0 Å². The summed E-state index contributed by atoms with van der Waals surface area (Å²) in [5, 5.41) is 0. The number of hydrogen-bond donors (Lipinski definition) is 0. The summed E-state index contributed by atoms with van der Waals surface area (Å²) in [4.78, 5) is 0. The molecule has 0 aromatic rings. The Morgan fingerprint density at radius 1 is 1.25 bits per heavy atom. The quantitative estimate of drug-likeness (QED) is 0.368. The van der Waals surface area contributed by atoms with Crippen molar-refractivity contribution in [3.8, 4) is 0 Å². The standard InChI is InChI=1S/C5H7.2ClH.Zr/c1-2-4-5-3-1;;;/h1H,2,4-5H2;2*1H;/q-1;;;+3/p-2. The van der Waals surface area contributed by atoms with Gasteiger partial charge in [-0.05, 0) is 0 Å². The second-order valence-corrected chi connectivity index (χ2v) is 1.30. The molecule has 45 valence electrons.